The van der Waals surface area contributed by atoms with Crippen LogP contribution >= 0.6 is 0 Å². The largest absolute Gasteiger partial charge is 0.466 e. The number of rotatable bonds is 4. The number of nitrogens with zero attached hydrogens (tertiary/aromatic N) is 2. The molecule has 6 nitrogen and oxygen atoms in total. The van der Waals surface area contributed by atoms with Crippen molar-refractivity contribution in [3.63, 3.8) is 0 Å². The molecule has 1 unspecified atom stereocenters. The Bertz CT molecular complexity index is 550. The summed E-state index contributed by atoms with van der Waals surface area (Å²) in [6, 6.07) is 3.36. The molecule has 0 bridgehead atoms. The molecule has 1 aliphatic heterocycles. The zero-order valence-electron chi connectivity index (χ0n) is 11.8. The minimum atomic E-state index is -0.539. The van der Waals surface area contributed by atoms with Crippen LogP contribution in [0.4, 0.5) is 15.8 Å². The van der Waals surface area contributed by atoms with Crippen molar-refractivity contribution < 1.29 is 18.8 Å². The predicted octanol–water partition coefficient (Wildman–Crippen LogP) is 2.51. The highest BCUT2D eigenvalue weighted by atomic mass is 19.1. The van der Waals surface area contributed by atoms with Crippen molar-refractivity contribution in [2.24, 2.45) is 5.92 Å². The van der Waals surface area contributed by atoms with Gasteiger partial charge < -0.3 is 9.64 Å². The van der Waals surface area contributed by atoms with Gasteiger partial charge in [0, 0.05) is 25.2 Å². The smallest absolute Gasteiger partial charge is 0.310 e. The Balaban J connectivity index is 2.23. The maximum Gasteiger partial charge on any atom is 0.310 e. The van der Waals surface area contributed by atoms with E-state index < -0.39 is 10.7 Å². The van der Waals surface area contributed by atoms with Crippen LogP contribution in [0, 0.1) is 21.8 Å². The maximum atomic E-state index is 13.4. The molecule has 0 spiro atoms. The molecule has 7 heteroatoms. The first-order chi connectivity index (χ1) is 10.0. The molecule has 0 saturated carbocycles. The van der Waals surface area contributed by atoms with Crippen LogP contribution in [0.3, 0.4) is 0 Å². The number of benzene rings is 1. The molecular formula is C14H17FN2O4. The molecule has 1 heterocycles. The normalized spacial score (nSPS) is 18.4. The quantitative estimate of drug-likeness (QED) is 0.485. The summed E-state index contributed by atoms with van der Waals surface area (Å²) in [7, 11) is 0. The lowest BCUT2D eigenvalue weighted by Crippen LogP contribution is -2.39. The number of hydrogen-bond donors (Lipinski definition) is 0. The Morgan fingerprint density at radius 2 is 2.33 bits per heavy atom. The Morgan fingerprint density at radius 1 is 1.57 bits per heavy atom. The van der Waals surface area contributed by atoms with Gasteiger partial charge in [0.25, 0.3) is 5.69 Å². The molecule has 0 amide bonds. The summed E-state index contributed by atoms with van der Waals surface area (Å²) < 4.78 is 18.4. The predicted molar refractivity (Wildman–Crippen MR) is 74.6 cm³/mol. The van der Waals surface area contributed by atoms with Crippen LogP contribution in [0.2, 0.25) is 0 Å². The molecule has 2 rings (SSSR count). The molecule has 1 aliphatic rings. The van der Waals surface area contributed by atoms with Crippen molar-refractivity contribution in [3.8, 4) is 0 Å². The van der Waals surface area contributed by atoms with Crippen molar-refractivity contribution in [2.45, 2.75) is 19.8 Å². The Kier molecular flexibility index (Phi) is 4.72. The van der Waals surface area contributed by atoms with Crippen LogP contribution in [-0.4, -0.2) is 30.6 Å². The van der Waals surface area contributed by atoms with Gasteiger partial charge in [-0.2, -0.15) is 0 Å². The third-order valence-electron chi connectivity index (χ3n) is 3.52. The Labute approximate surface area is 121 Å². The van der Waals surface area contributed by atoms with E-state index in [1.807, 2.05) is 0 Å². The van der Waals surface area contributed by atoms with E-state index >= 15 is 0 Å². The number of nitro benzene ring substituents is 1. The second-order valence-electron chi connectivity index (χ2n) is 4.93. The summed E-state index contributed by atoms with van der Waals surface area (Å²) in [5.74, 6) is -1.17. The van der Waals surface area contributed by atoms with Gasteiger partial charge in [-0.05, 0) is 25.8 Å². The van der Waals surface area contributed by atoms with Crippen molar-refractivity contribution in [1.29, 1.82) is 0 Å². The summed E-state index contributed by atoms with van der Waals surface area (Å²) >= 11 is 0. The highest BCUT2D eigenvalue weighted by Gasteiger charge is 2.30. The molecule has 0 aliphatic carbocycles. The second-order valence-corrected chi connectivity index (χ2v) is 4.93. The van der Waals surface area contributed by atoms with Gasteiger partial charge in [0.05, 0.1) is 17.4 Å². The Morgan fingerprint density at radius 3 is 3.00 bits per heavy atom. The minimum absolute atomic E-state index is 0.152. The van der Waals surface area contributed by atoms with Crippen LogP contribution in [0.25, 0.3) is 0 Å². The number of carbonyl (C=O) groups is 1. The number of nitro groups is 1. The van der Waals surface area contributed by atoms with Crippen LogP contribution in [0.1, 0.15) is 19.8 Å². The van der Waals surface area contributed by atoms with E-state index in [0.717, 1.165) is 18.2 Å². The summed E-state index contributed by atoms with van der Waals surface area (Å²) in [5, 5.41) is 11.1. The van der Waals surface area contributed by atoms with Gasteiger partial charge in [0.1, 0.15) is 11.5 Å². The molecule has 1 aromatic carbocycles. The summed E-state index contributed by atoms with van der Waals surface area (Å²) in [5.41, 5.74) is 0.0647. The fourth-order valence-electron chi connectivity index (χ4n) is 2.55. The SMILES string of the molecule is CCOC(=O)C1CCCN(c2cc(F)ccc2[N+](=O)[O-])C1. The lowest BCUT2D eigenvalue weighted by Gasteiger charge is -2.32. The molecule has 0 N–H and O–H groups in total. The zero-order chi connectivity index (χ0) is 15.4. The molecule has 1 aromatic rings. The van der Waals surface area contributed by atoms with E-state index in [9.17, 15) is 19.3 Å². The average Bonchev–Trinajstić information content (AvgIpc) is 2.47. The summed E-state index contributed by atoms with van der Waals surface area (Å²) in [4.78, 5) is 24.0. The average molecular weight is 296 g/mol. The van der Waals surface area contributed by atoms with Gasteiger partial charge in [-0.1, -0.05) is 0 Å². The molecular weight excluding hydrogens is 279 g/mol. The van der Waals surface area contributed by atoms with Crippen LogP contribution < -0.4 is 4.90 Å². The van der Waals surface area contributed by atoms with Crippen molar-refractivity contribution in [1.82, 2.24) is 0 Å². The number of halogens is 1. The summed E-state index contributed by atoms with van der Waals surface area (Å²) in [6.07, 6.45) is 1.38. The first-order valence-electron chi connectivity index (χ1n) is 6.88. The Hall–Kier alpha value is -2.18. The van der Waals surface area contributed by atoms with Crippen molar-refractivity contribution >= 4 is 17.3 Å². The lowest BCUT2D eigenvalue weighted by atomic mass is 9.97. The van der Waals surface area contributed by atoms with Gasteiger partial charge in [-0.25, -0.2) is 4.39 Å². The lowest BCUT2D eigenvalue weighted by molar-refractivity contribution is -0.384. The standard InChI is InChI=1S/C14H17FN2O4/c1-2-21-14(18)10-4-3-7-16(9-10)13-8-11(15)5-6-12(13)17(19)20/h5-6,8,10H,2-4,7,9H2,1H3. The molecule has 21 heavy (non-hydrogen) atoms. The first-order valence-corrected chi connectivity index (χ1v) is 6.88. The van der Waals surface area contributed by atoms with Gasteiger partial charge in [-0.15, -0.1) is 0 Å². The second kappa shape index (κ2) is 6.51. The van der Waals surface area contributed by atoms with Gasteiger partial charge in [-0.3, -0.25) is 14.9 Å². The first kappa shape index (κ1) is 15.2. The number of carbonyl (C=O) groups excluding carboxylic acids is 1. The van der Waals surface area contributed by atoms with Gasteiger partial charge in [0.15, 0.2) is 0 Å². The van der Waals surface area contributed by atoms with Crippen LogP contribution in [0.15, 0.2) is 18.2 Å². The third-order valence-corrected chi connectivity index (χ3v) is 3.52. The van der Waals surface area contributed by atoms with E-state index in [4.69, 9.17) is 4.74 Å². The number of ether oxygens (including phenoxy) is 1. The van der Waals surface area contributed by atoms with Gasteiger partial charge in [0.2, 0.25) is 0 Å². The molecule has 1 saturated heterocycles. The minimum Gasteiger partial charge on any atom is -0.466 e. The monoisotopic (exact) mass is 296 g/mol. The third kappa shape index (κ3) is 3.48. The summed E-state index contributed by atoms with van der Waals surface area (Å²) in [6.45, 7) is 2.90. The maximum absolute atomic E-state index is 13.4. The van der Waals surface area contributed by atoms with E-state index in [-0.39, 0.29) is 23.3 Å². The van der Waals surface area contributed by atoms with E-state index in [0.29, 0.717) is 32.5 Å². The highest BCUT2D eigenvalue weighted by molar-refractivity contribution is 5.74. The van der Waals surface area contributed by atoms with E-state index in [1.165, 1.54) is 0 Å². The topological polar surface area (TPSA) is 72.7 Å². The zero-order valence-corrected chi connectivity index (χ0v) is 11.8. The number of hydrogen-bond acceptors (Lipinski definition) is 5. The fourth-order valence-corrected chi connectivity index (χ4v) is 2.55. The molecule has 1 fully saturated rings. The fraction of sp³-hybridized carbons (Fsp3) is 0.500. The van der Waals surface area contributed by atoms with E-state index in [2.05, 4.69) is 0 Å². The number of piperidine rings is 1. The molecule has 0 radical (unpaired) electrons. The van der Waals surface area contributed by atoms with Crippen LogP contribution in [-0.2, 0) is 9.53 Å². The van der Waals surface area contributed by atoms with Crippen molar-refractivity contribution in [3.05, 3.63) is 34.1 Å². The van der Waals surface area contributed by atoms with Gasteiger partial charge >= 0.3 is 5.97 Å². The number of anilines is 1. The molecule has 114 valence electrons. The van der Waals surface area contributed by atoms with E-state index in [1.54, 1.807) is 11.8 Å². The molecule has 1 atom stereocenters. The number of esters is 1. The van der Waals surface area contributed by atoms with Crippen molar-refractivity contribution in [2.75, 3.05) is 24.6 Å². The van der Waals surface area contributed by atoms with Crippen LogP contribution in [0.5, 0.6) is 0 Å². The molecule has 0 aromatic heterocycles. The highest BCUT2D eigenvalue weighted by Crippen LogP contribution is 2.32.